The Labute approximate surface area is 177 Å². The molecule has 0 saturated carbocycles. The average Bonchev–Trinajstić information content (AvgIpc) is 2.76. The van der Waals surface area contributed by atoms with E-state index in [1.165, 1.54) is 49.6 Å². The topological polar surface area (TPSA) is 127 Å². The highest BCUT2D eigenvalue weighted by Gasteiger charge is 2.22. The van der Waals surface area contributed by atoms with Crippen LogP contribution in [0.1, 0.15) is 17.3 Å². The number of nitrogens with zero attached hydrogens (tertiary/aromatic N) is 2. The van der Waals surface area contributed by atoms with E-state index in [4.69, 9.17) is 4.74 Å². The molecule has 9 nitrogen and oxygen atoms in total. The lowest BCUT2D eigenvalue weighted by Gasteiger charge is -2.13. The Morgan fingerprint density at radius 2 is 1.71 bits per heavy atom. The van der Waals surface area contributed by atoms with Gasteiger partial charge in [0, 0.05) is 18.1 Å². The second-order valence-electron chi connectivity index (χ2n) is 6.25. The fraction of sp³-hybridized carbons (Fsp3) is 0.100. The lowest BCUT2D eigenvalue weighted by atomic mass is 10.2. The number of anilines is 2. The third-order valence-corrected chi connectivity index (χ3v) is 5.31. The minimum absolute atomic E-state index is 0.0513. The van der Waals surface area contributed by atoms with Crippen molar-refractivity contribution < 1.29 is 27.1 Å². The van der Waals surface area contributed by atoms with Crippen LogP contribution in [0.4, 0.5) is 16.0 Å². The zero-order chi connectivity index (χ0) is 22.4. The number of sulfonamides is 1. The summed E-state index contributed by atoms with van der Waals surface area (Å²) in [5, 5.41) is 2.39. The van der Waals surface area contributed by atoms with Gasteiger partial charge in [-0.1, -0.05) is 6.07 Å². The van der Waals surface area contributed by atoms with Crippen LogP contribution in [0.3, 0.4) is 0 Å². The van der Waals surface area contributed by atoms with Crippen molar-refractivity contribution in [2.45, 2.75) is 17.9 Å². The zero-order valence-electron chi connectivity index (χ0n) is 16.2. The first-order chi connectivity index (χ1) is 14.7. The average molecular weight is 444 g/mol. The van der Waals surface area contributed by atoms with Crippen molar-refractivity contribution in [1.29, 1.82) is 0 Å². The summed E-state index contributed by atoms with van der Waals surface area (Å²) < 4.78 is 45.5. The first-order valence-corrected chi connectivity index (χ1v) is 10.4. The molecular formula is C20H17FN4O5S. The number of hydrogen-bond donors (Lipinski definition) is 2. The molecule has 0 saturated heterocycles. The molecule has 2 aromatic carbocycles. The van der Waals surface area contributed by atoms with Gasteiger partial charge in [0.05, 0.1) is 10.5 Å². The summed E-state index contributed by atoms with van der Waals surface area (Å²) in [5.41, 5.74) is 0.0837. The summed E-state index contributed by atoms with van der Waals surface area (Å²) in [5.74, 6) is -2.00. The maximum atomic E-state index is 13.0. The summed E-state index contributed by atoms with van der Waals surface area (Å²) in [6, 6.07) is 11.4. The van der Waals surface area contributed by atoms with Crippen molar-refractivity contribution in [2.75, 3.05) is 10.0 Å². The number of ether oxygens (including phenoxy) is 1. The normalized spacial score (nSPS) is 11.9. The number of nitrogens with one attached hydrogen (secondary N) is 2. The highest BCUT2D eigenvalue weighted by atomic mass is 32.2. The molecule has 0 bridgehead atoms. The van der Waals surface area contributed by atoms with E-state index >= 15 is 0 Å². The molecule has 1 amide bonds. The summed E-state index contributed by atoms with van der Waals surface area (Å²) in [6.07, 6.45) is 1.69. The number of aromatic nitrogens is 2. The van der Waals surface area contributed by atoms with Crippen LogP contribution in [0.15, 0.2) is 71.9 Å². The minimum Gasteiger partial charge on any atom is -0.449 e. The molecule has 160 valence electrons. The van der Waals surface area contributed by atoms with Gasteiger partial charge in [0.15, 0.2) is 6.10 Å². The van der Waals surface area contributed by atoms with Crippen LogP contribution in [0, 0.1) is 5.82 Å². The molecule has 3 rings (SSSR count). The van der Waals surface area contributed by atoms with E-state index in [1.54, 1.807) is 6.07 Å². The Hall–Kier alpha value is -3.86. The largest absolute Gasteiger partial charge is 0.449 e. The van der Waals surface area contributed by atoms with Gasteiger partial charge in [-0.2, -0.15) is 0 Å². The van der Waals surface area contributed by atoms with Crippen LogP contribution in [0.2, 0.25) is 0 Å². The zero-order valence-corrected chi connectivity index (χ0v) is 17.0. The fourth-order valence-electron chi connectivity index (χ4n) is 2.38. The number of hydrogen-bond acceptors (Lipinski definition) is 7. The quantitative estimate of drug-likeness (QED) is 0.536. The second kappa shape index (κ2) is 9.30. The Bertz CT molecular complexity index is 1190. The Balaban J connectivity index is 1.69. The van der Waals surface area contributed by atoms with Crippen LogP contribution in [0.5, 0.6) is 0 Å². The molecule has 1 aromatic heterocycles. The molecule has 3 aromatic rings. The number of carbonyl (C=O) groups is 2. The van der Waals surface area contributed by atoms with Gasteiger partial charge in [0.2, 0.25) is 5.95 Å². The Kier molecular flexibility index (Phi) is 6.55. The van der Waals surface area contributed by atoms with Gasteiger partial charge < -0.3 is 4.74 Å². The molecule has 11 heteroatoms. The molecule has 0 aliphatic rings. The molecule has 1 heterocycles. The summed E-state index contributed by atoms with van der Waals surface area (Å²) >= 11 is 0. The molecule has 0 spiro atoms. The van der Waals surface area contributed by atoms with Crippen molar-refractivity contribution in [1.82, 2.24) is 9.97 Å². The monoisotopic (exact) mass is 444 g/mol. The molecular weight excluding hydrogens is 427 g/mol. The number of rotatable bonds is 7. The van der Waals surface area contributed by atoms with Gasteiger partial charge in [-0.25, -0.2) is 27.6 Å². The molecule has 1 atom stereocenters. The molecule has 2 N–H and O–H groups in total. The Morgan fingerprint density at radius 3 is 2.39 bits per heavy atom. The smallest absolute Gasteiger partial charge is 0.338 e. The fourth-order valence-corrected chi connectivity index (χ4v) is 3.48. The molecule has 0 radical (unpaired) electrons. The van der Waals surface area contributed by atoms with E-state index in [-0.39, 0.29) is 22.1 Å². The molecule has 0 fully saturated rings. The predicted octanol–water partition coefficient (Wildman–Crippen LogP) is 2.60. The maximum absolute atomic E-state index is 13.0. The van der Waals surface area contributed by atoms with E-state index in [2.05, 4.69) is 20.0 Å². The first-order valence-electron chi connectivity index (χ1n) is 8.92. The van der Waals surface area contributed by atoms with Gasteiger partial charge in [0.1, 0.15) is 5.82 Å². The molecule has 1 unspecified atom stereocenters. The van der Waals surface area contributed by atoms with Crippen LogP contribution in [-0.2, 0) is 19.6 Å². The minimum atomic E-state index is -4.04. The van der Waals surface area contributed by atoms with Gasteiger partial charge in [-0.05, 0) is 55.5 Å². The van der Waals surface area contributed by atoms with Crippen LogP contribution < -0.4 is 10.0 Å². The third kappa shape index (κ3) is 5.82. The van der Waals surface area contributed by atoms with Gasteiger partial charge >= 0.3 is 5.97 Å². The van der Waals surface area contributed by atoms with E-state index in [1.807, 2.05) is 0 Å². The van der Waals surface area contributed by atoms with Crippen molar-refractivity contribution in [2.24, 2.45) is 0 Å². The lowest BCUT2D eigenvalue weighted by Crippen LogP contribution is -2.30. The lowest BCUT2D eigenvalue weighted by molar-refractivity contribution is -0.123. The molecule has 31 heavy (non-hydrogen) atoms. The summed E-state index contributed by atoms with van der Waals surface area (Å²) in [7, 11) is -4.04. The second-order valence-corrected chi connectivity index (χ2v) is 7.93. The maximum Gasteiger partial charge on any atom is 0.338 e. The molecule has 0 aliphatic carbocycles. The van der Waals surface area contributed by atoms with Gasteiger partial charge in [-0.15, -0.1) is 0 Å². The number of halogens is 1. The van der Waals surface area contributed by atoms with Gasteiger partial charge in [-0.3, -0.25) is 14.8 Å². The molecule has 0 aliphatic heterocycles. The number of benzene rings is 2. The SMILES string of the molecule is CC(OC(=O)c1cccc(S(=O)(=O)Nc2ccc(F)cc2)c1)C(=O)Nc1ncccn1. The van der Waals surface area contributed by atoms with E-state index in [9.17, 15) is 22.4 Å². The van der Waals surface area contributed by atoms with Crippen molar-refractivity contribution in [3.63, 3.8) is 0 Å². The van der Waals surface area contributed by atoms with E-state index in [0.29, 0.717) is 0 Å². The van der Waals surface area contributed by atoms with E-state index < -0.39 is 33.8 Å². The van der Waals surface area contributed by atoms with E-state index in [0.717, 1.165) is 18.2 Å². The number of amides is 1. The van der Waals surface area contributed by atoms with Crippen LogP contribution in [-0.4, -0.2) is 36.4 Å². The highest BCUT2D eigenvalue weighted by molar-refractivity contribution is 7.92. The van der Waals surface area contributed by atoms with Gasteiger partial charge in [0.25, 0.3) is 15.9 Å². The van der Waals surface area contributed by atoms with Crippen molar-refractivity contribution in [3.05, 3.63) is 78.4 Å². The number of carbonyl (C=O) groups excluding carboxylic acids is 2. The highest BCUT2D eigenvalue weighted by Crippen LogP contribution is 2.18. The standard InChI is InChI=1S/C20H17FN4O5S/c1-13(18(26)24-20-22-10-3-11-23-20)30-19(27)14-4-2-5-17(12-14)31(28,29)25-16-8-6-15(21)7-9-16/h2-13,25H,1H3,(H,22,23,24,26). The van der Waals surface area contributed by atoms with Crippen LogP contribution >= 0.6 is 0 Å². The third-order valence-electron chi connectivity index (χ3n) is 3.93. The van der Waals surface area contributed by atoms with Crippen molar-refractivity contribution >= 4 is 33.5 Å². The van der Waals surface area contributed by atoms with Crippen molar-refractivity contribution in [3.8, 4) is 0 Å². The first kappa shape index (κ1) is 21.8. The Morgan fingerprint density at radius 1 is 1.03 bits per heavy atom. The summed E-state index contributed by atoms with van der Waals surface area (Å²) in [6.45, 7) is 1.35. The van der Waals surface area contributed by atoms with Crippen LogP contribution in [0.25, 0.3) is 0 Å². The predicted molar refractivity (Wildman–Crippen MR) is 109 cm³/mol. The number of esters is 1. The summed E-state index contributed by atoms with van der Waals surface area (Å²) in [4.78, 5) is 32.0.